The van der Waals surface area contributed by atoms with E-state index in [1.54, 1.807) is 0 Å². The molecule has 0 saturated carbocycles. The Morgan fingerprint density at radius 1 is 1.39 bits per heavy atom. The second-order valence-electron chi connectivity index (χ2n) is 5.21. The number of hydrogen-bond acceptors (Lipinski definition) is 3. The molecule has 0 aromatic heterocycles. The molecule has 98 valence electrons. The van der Waals surface area contributed by atoms with Gasteiger partial charge in [0, 0.05) is 17.6 Å². The Kier molecular flexibility index (Phi) is 3.57. The maximum atomic E-state index is 6.32. The molecule has 2 heterocycles. The summed E-state index contributed by atoms with van der Waals surface area (Å²) in [6.07, 6.45) is 2.59. The van der Waals surface area contributed by atoms with Crippen LogP contribution in [-0.2, 0) is 4.74 Å². The van der Waals surface area contributed by atoms with Crippen LogP contribution in [0.25, 0.3) is 0 Å². The Morgan fingerprint density at radius 3 is 3.06 bits per heavy atom. The fourth-order valence-corrected chi connectivity index (χ4v) is 3.27. The van der Waals surface area contributed by atoms with Gasteiger partial charge in [-0.15, -0.1) is 0 Å². The highest BCUT2D eigenvalue weighted by Gasteiger charge is 2.35. The second-order valence-corrected chi connectivity index (χ2v) is 5.62. The zero-order valence-corrected chi connectivity index (χ0v) is 11.1. The largest absolute Gasteiger partial charge is 0.373 e. The number of halogens is 1. The zero-order chi connectivity index (χ0) is 12.5. The molecule has 0 spiro atoms. The van der Waals surface area contributed by atoms with Gasteiger partial charge in [0.05, 0.1) is 18.8 Å². The van der Waals surface area contributed by atoms with Gasteiger partial charge in [-0.25, -0.2) is 0 Å². The molecule has 4 heteroatoms. The van der Waals surface area contributed by atoms with Crippen molar-refractivity contribution >= 4 is 11.6 Å². The van der Waals surface area contributed by atoms with Gasteiger partial charge in [0.2, 0.25) is 0 Å². The maximum Gasteiger partial charge on any atom is 0.0895 e. The summed E-state index contributed by atoms with van der Waals surface area (Å²) in [5.74, 6) is 0. The minimum absolute atomic E-state index is 0.0549. The molecule has 0 aliphatic carbocycles. The molecule has 3 atom stereocenters. The average Bonchev–Trinajstić information content (AvgIpc) is 2.85. The van der Waals surface area contributed by atoms with Crippen molar-refractivity contribution in [1.29, 1.82) is 0 Å². The third-order valence-electron chi connectivity index (χ3n) is 4.08. The number of morpholine rings is 1. The molecular weight excluding hydrogens is 248 g/mol. The molecule has 1 aromatic carbocycles. The molecule has 1 aromatic rings. The predicted octanol–water partition coefficient (Wildman–Crippen LogP) is 2.20. The van der Waals surface area contributed by atoms with Crippen LogP contribution in [0.4, 0.5) is 0 Å². The monoisotopic (exact) mass is 266 g/mol. The molecule has 3 rings (SSSR count). The van der Waals surface area contributed by atoms with E-state index in [-0.39, 0.29) is 12.1 Å². The molecule has 0 radical (unpaired) electrons. The van der Waals surface area contributed by atoms with Crippen molar-refractivity contribution in [3.63, 3.8) is 0 Å². The minimum Gasteiger partial charge on any atom is -0.373 e. The van der Waals surface area contributed by atoms with Crippen LogP contribution >= 0.6 is 11.6 Å². The summed E-state index contributed by atoms with van der Waals surface area (Å²) < 4.78 is 5.94. The first kappa shape index (κ1) is 12.4. The van der Waals surface area contributed by atoms with Gasteiger partial charge >= 0.3 is 0 Å². The molecule has 18 heavy (non-hydrogen) atoms. The van der Waals surface area contributed by atoms with Gasteiger partial charge in [-0.3, -0.25) is 4.90 Å². The van der Waals surface area contributed by atoms with E-state index in [1.807, 2.05) is 24.3 Å². The number of benzene rings is 1. The SMILES string of the molecule is NC(c1ccccc1Cl)C1CN2CCCC2CO1. The molecule has 3 nitrogen and oxygen atoms in total. The highest BCUT2D eigenvalue weighted by atomic mass is 35.5. The van der Waals surface area contributed by atoms with Crippen molar-refractivity contribution < 1.29 is 4.74 Å². The van der Waals surface area contributed by atoms with Crippen molar-refractivity contribution in [2.75, 3.05) is 19.7 Å². The Morgan fingerprint density at radius 2 is 2.22 bits per heavy atom. The lowest BCUT2D eigenvalue weighted by Crippen LogP contribution is -2.49. The van der Waals surface area contributed by atoms with Crippen LogP contribution in [0.5, 0.6) is 0 Å². The number of ether oxygens (including phenoxy) is 1. The summed E-state index contributed by atoms with van der Waals surface area (Å²) in [4.78, 5) is 2.50. The van der Waals surface area contributed by atoms with Crippen molar-refractivity contribution in [2.24, 2.45) is 5.73 Å². The number of hydrogen-bond donors (Lipinski definition) is 1. The van der Waals surface area contributed by atoms with E-state index in [0.29, 0.717) is 6.04 Å². The lowest BCUT2D eigenvalue weighted by molar-refractivity contribution is -0.0596. The Labute approximate surface area is 113 Å². The van der Waals surface area contributed by atoms with Crippen LogP contribution in [-0.4, -0.2) is 36.7 Å². The summed E-state index contributed by atoms with van der Waals surface area (Å²) >= 11 is 6.20. The minimum atomic E-state index is -0.139. The first-order valence-corrected chi connectivity index (χ1v) is 6.99. The summed E-state index contributed by atoms with van der Waals surface area (Å²) in [6, 6.07) is 8.25. The van der Waals surface area contributed by atoms with Crippen molar-refractivity contribution in [2.45, 2.75) is 31.0 Å². The van der Waals surface area contributed by atoms with E-state index in [1.165, 1.54) is 19.4 Å². The average molecular weight is 267 g/mol. The third kappa shape index (κ3) is 2.28. The van der Waals surface area contributed by atoms with Crippen LogP contribution < -0.4 is 5.73 Å². The molecule has 2 aliphatic heterocycles. The number of rotatable bonds is 2. The number of nitrogens with two attached hydrogens (primary N) is 1. The van der Waals surface area contributed by atoms with Crippen LogP contribution in [0.2, 0.25) is 5.02 Å². The van der Waals surface area contributed by atoms with Crippen LogP contribution in [0.15, 0.2) is 24.3 Å². The van der Waals surface area contributed by atoms with E-state index >= 15 is 0 Å². The van der Waals surface area contributed by atoms with Gasteiger partial charge in [-0.2, -0.15) is 0 Å². The first-order valence-electron chi connectivity index (χ1n) is 6.61. The molecule has 0 amide bonds. The number of fused-ring (bicyclic) bond motifs is 1. The lowest BCUT2D eigenvalue weighted by Gasteiger charge is -2.38. The summed E-state index contributed by atoms with van der Waals surface area (Å²) in [5, 5.41) is 0.733. The Balaban J connectivity index is 1.73. The zero-order valence-electron chi connectivity index (χ0n) is 10.4. The second kappa shape index (κ2) is 5.17. The molecule has 2 saturated heterocycles. The highest BCUT2D eigenvalue weighted by Crippen LogP contribution is 2.30. The smallest absolute Gasteiger partial charge is 0.0895 e. The predicted molar refractivity (Wildman–Crippen MR) is 72.7 cm³/mol. The van der Waals surface area contributed by atoms with Gasteiger partial charge in [-0.1, -0.05) is 29.8 Å². The molecule has 2 N–H and O–H groups in total. The van der Waals surface area contributed by atoms with E-state index in [2.05, 4.69) is 4.90 Å². The van der Waals surface area contributed by atoms with Gasteiger partial charge < -0.3 is 10.5 Å². The van der Waals surface area contributed by atoms with E-state index in [9.17, 15) is 0 Å². The van der Waals surface area contributed by atoms with Crippen LogP contribution in [0, 0.1) is 0 Å². The normalized spacial score (nSPS) is 30.1. The van der Waals surface area contributed by atoms with E-state index in [0.717, 1.165) is 23.7 Å². The highest BCUT2D eigenvalue weighted by molar-refractivity contribution is 6.31. The first-order chi connectivity index (χ1) is 8.75. The Bertz CT molecular complexity index is 426. The summed E-state index contributed by atoms with van der Waals surface area (Å²) in [5.41, 5.74) is 7.31. The molecular formula is C14H19ClN2O. The Hall–Kier alpha value is -0.610. The summed E-state index contributed by atoms with van der Waals surface area (Å²) in [6.45, 7) is 2.92. The standard InChI is InChI=1S/C14H19ClN2O/c15-12-6-2-1-5-11(12)14(16)13-8-17-7-3-4-10(17)9-18-13/h1-2,5-6,10,13-14H,3-4,7-9,16H2. The molecule has 2 fully saturated rings. The van der Waals surface area contributed by atoms with Gasteiger partial charge in [-0.05, 0) is 31.0 Å². The van der Waals surface area contributed by atoms with Crippen molar-refractivity contribution in [1.82, 2.24) is 4.90 Å². The third-order valence-corrected chi connectivity index (χ3v) is 4.43. The number of nitrogens with zero attached hydrogens (tertiary/aromatic N) is 1. The van der Waals surface area contributed by atoms with E-state index in [4.69, 9.17) is 22.1 Å². The summed E-state index contributed by atoms with van der Waals surface area (Å²) in [7, 11) is 0. The van der Waals surface area contributed by atoms with Gasteiger partial charge in [0.1, 0.15) is 0 Å². The molecule has 3 unspecified atom stereocenters. The molecule has 2 aliphatic rings. The van der Waals surface area contributed by atoms with Crippen molar-refractivity contribution in [3.05, 3.63) is 34.9 Å². The molecule has 0 bridgehead atoms. The van der Waals surface area contributed by atoms with Crippen LogP contribution in [0.3, 0.4) is 0 Å². The van der Waals surface area contributed by atoms with Gasteiger partial charge in [0.25, 0.3) is 0 Å². The fourth-order valence-electron chi connectivity index (χ4n) is 3.01. The fraction of sp³-hybridized carbons (Fsp3) is 0.571. The lowest BCUT2D eigenvalue weighted by atomic mass is 10.00. The van der Waals surface area contributed by atoms with Gasteiger partial charge in [0.15, 0.2) is 0 Å². The quantitative estimate of drug-likeness (QED) is 0.892. The van der Waals surface area contributed by atoms with Crippen molar-refractivity contribution in [3.8, 4) is 0 Å². The van der Waals surface area contributed by atoms with Crippen LogP contribution in [0.1, 0.15) is 24.4 Å². The maximum absolute atomic E-state index is 6.32. The van der Waals surface area contributed by atoms with E-state index < -0.39 is 0 Å². The topological polar surface area (TPSA) is 38.5 Å².